The zero-order valence-corrected chi connectivity index (χ0v) is 9.18. The second-order valence-electron chi connectivity index (χ2n) is 5.34. The molecule has 0 bridgehead atoms. The predicted molar refractivity (Wildman–Crippen MR) is 59.8 cm³/mol. The Morgan fingerprint density at radius 3 is 2.50 bits per heavy atom. The number of aliphatic imine (C=N–C) groups is 1. The fraction of sp³-hybridized carbons (Fsp3) is 0.750. The fourth-order valence-corrected chi connectivity index (χ4v) is 3.09. The van der Waals surface area contributed by atoms with Gasteiger partial charge in [-0.05, 0) is 37.2 Å². The molecule has 84 valence electrons. The van der Waals surface area contributed by atoms with Crippen molar-refractivity contribution in [2.24, 2.45) is 16.3 Å². The van der Waals surface area contributed by atoms with Crippen LogP contribution in [0.25, 0.3) is 0 Å². The number of alkyl halides is 2. The summed E-state index contributed by atoms with van der Waals surface area (Å²) in [6, 6.07) is 0. The minimum absolute atomic E-state index is 0.000556. The highest BCUT2D eigenvalue weighted by Crippen LogP contribution is 2.63. The second-order valence-corrected chi connectivity index (χ2v) is 5.34. The lowest BCUT2D eigenvalue weighted by molar-refractivity contribution is -0.122. The molecule has 0 atom stereocenters. The number of allylic oxidation sites excluding steroid dienone is 1. The maximum atomic E-state index is 12.9. The summed E-state index contributed by atoms with van der Waals surface area (Å²) in [7, 11) is 5.69. The van der Waals surface area contributed by atoms with Crippen LogP contribution >= 0.6 is 0 Å². The molecular weight excluding hydrogens is 207 g/mol. The Bertz CT molecular complexity index is 374. The van der Waals surface area contributed by atoms with E-state index in [-0.39, 0.29) is 24.2 Å². The molecule has 4 heteroatoms. The molecule has 2 radical (unpaired) electrons. The average molecular weight is 221 g/mol. The summed E-state index contributed by atoms with van der Waals surface area (Å²) < 4.78 is 25.8. The summed E-state index contributed by atoms with van der Waals surface area (Å²) in [6.45, 7) is 0. The first-order chi connectivity index (χ1) is 7.52. The highest BCUT2D eigenvalue weighted by Gasteiger charge is 2.61. The Morgan fingerprint density at radius 2 is 2.00 bits per heavy atom. The molecule has 3 rings (SSSR count). The van der Waals surface area contributed by atoms with Gasteiger partial charge in [0, 0.05) is 24.0 Å². The Morgan fingerprint density at radius 1 is 1.31 bits per heavy atom. The van der Waals surface area contributed by atoms with E-state index >= 15 is 0 Å². The van der Waals surface area contributed by atoms with Crippen molar-refractivity contribution in [3.63, 3.8) is 0 Å². The Balaban J connectivity index is 1.77. The topological polar surface area (TPSA) is 12.4 Å². The lowest BCUT2D eigenvalue weighted by Gasteiger charge is -2.41. The van der Waals surface area contributed by atoms with Gasteiger partial charge >= 0.3 is 0 Å². The number of hydrogen-bond donors (Lipinski definition) is 0. The molecule has 2 aliphatic carbocycles. The van der Waals surface area contributed by atoms with E-state index in [0.717, 1.165) is 31.4 Å². The van der Waals surface area contributed by atoms with E-state index in [1.54, 1.807) is 0 Å². The number of rotatable bonds is 2. The molecule has 0 aromatic carbocycles. The van der Waals surface area contributed by atoms with Crippen LogP contribution in [0.15, 0.2) is 16.7 Å². The van der Waals surface area contributed by atoms with Crippen LogP contribution in [0.4, 0.5) is 8.78 Å². The van der Waals surface area contributed by atoms with Gasteiger partial charge in [-0.15, -0.1) is 0 Å². The van der Waals surface area contributed by atoms with Crippen molar-refractivity contribution in [2.45, 2.75) is 44.4 Å². The zero-order chi connectivity index (χ0) is 11.4. The molecule has 0 spiro atoms. The van der Waals surface area contributed by atoms with Gasteiger partial charge in [-0.25, -0.2) is 8.78 Å². The van der Waals surface area contributed by atoms with Gasteiger partial charge in [0.25, 0.3) is 0 Å². The first-order valence-corrected chi connectivity index (χ1v) is 5.93. The largest absolute Gasteiger partial charge is 0.274 e. The molecule has 3 aliphatic rings. The van der Waals surface area contributed by atoms with Gasteiger partial charge in [0.05, 0.1) is 0 Å². The molecule has 0 saturated heterocycles. The number of nitrogens with zero attached hydrogens (tertiary/aromatic N) is 1. The third kappa shape index (κ3) is 1.54. The molecule has 0 aromatic heterocycles. The van der Waals surface area contributed by atoms with Crippen LogP contribution in [0.5, 0.6) is 0 Å². The van der Waals surface area contributed by atoms with Gasteiger partial charge < -0.3 is 0 Å². The second kappa shape index (κ2) is 3.17. The molecule has 2 saturated carbocycles. The standard InChI is InChI=1S/C12H14BF2N/c13-10-3-1-2-9(16-10)11(4-5-11)8-6-12(14,15)7-8/h3,8H,1-2,4-7H2. The molecule has 0 N–H and O–H groups in total. The molecule has 1 aliphatic heterocycles. The minimum Gasteiger partial charge on any atom is -0.274 e. The summed E-state index contributed by atoms with van der Waals surface area (Å²) in [5.41, 5.74) is 1.66. The molecule has 1 heterocycles. The highest BCUT2D eigenvalue weighted by molar-refractivity contribution is 6.22. The predicted octanol–water partition coefficient (Wildman–Crippen LogP) is 3.06. The van der Waals surface area contributed by atoms with Crippen LogP contribution < -0.4 is 0 Å². The number of halogens is 2. The molecule has 0 amide bonds. The summed E-state index contributed by atoms with van der Waals surface area (Å²) in [5, 5.41) is 0. The quantitative estimate of drug-likeness (QED) is 0.635. The van der Waals surface area contributed by atoms with Crippen LogP contribution in [0.2, 0.25) is 0 Å². The van der Waals surface area contributed by atoms with E-state index in [2.05, 4.69) is 4.99 Å². The molecule has 0 unspecified atom stereocenters. The fourth-order valence-electron chi connectivity index (χ4n) is 3.09. The van der Waals surface area contributed by atoms with Crippen LogP contribution in [-0.4, -0.2) is 19.5 Å². The molecule has 1 nitrogen and oxygen atoms in total. The van der Waals surface area contributed by atoms with Crippen LogP contribution in [0.1, 0.15) is 38.5 Å². The monoisotopic (exact) mass is 221 g/mol. The van der Waals surface area contributed by atoms with Crippen LogP contribution in [-0.2, 0) is 0 Å². The van der Waals surface area contributed by atoms with E-state index < -0.39 is 5.92 Å². The summed E-state index contributed by atoms with van der Waals surface area (Å²) in [4.78, 5) is 4.38. The highest BCUT2D eigenvalue weighted by atomic mass is 19.3. The lowest BCUT2D eigenvalue weighted by atomic mass is 9.68. The van der Waals surface area contributed by atoms with Crippen molar-refractivity contribution in [3.05, 3.63) is 11.7 Å². The van der Waals surface area contributed by atoms with E-state index in [0.29, 0.717) is 5.60 Å². The van der Waals surface area contributed by atoms with Crippen LogP contribution in [0.3, 0.4) is 0 Å². The van der Waals surface area contributed by atoms with Gasteiger partial charge in [-0.3, -0.25) is 4.99 Å². The van der Waals surface area contributed by atoms with Crippen molar-refractivity contribution in [1.82, 2.24) is 0 Å². The third-order valence-corrected chi connectivity index (χ3v) is 4.23. The zero-order valence-electron chi connectivity index (χ0n) is 9.18. The Kier molecular flexibility index (Phi) is 2.08. The van der Waals surface area contributed by atoms with Crippen molar-refractivity contribution < 1.29 is 8.78 Å². The van der Waals surface area contributed by atoms with E-state index in [1.807, 2.05) is 6.08 Å². The SMILES string of the molecule is [B]C1=CCCC(C2(C3CC(F)(F)C3)CC2)=N1. The van der Waals surface area contributed by atoms with E-state index in [9.17, 15) is 8.78 Å². The molecular formula is C12H14BF2N. The lowest BCUT2D eigenvalue weighted by Crippen LogP contribution is -2.43. The Labute approximate surface area is 95.4 Å². The van der Waals surface area contributed by atoms with Gasteiger partial charge in [-0.2, -0.15) is 0 Å². The summed E-state index contributed by atoms with van der Waals surface area (Å²) >= 11 is 0. The maximum Gasteiger partial charge on any atom is 0.248 e. The molecule has 2 fully saturated rings. The van der Waals surface area contributed by atoms with Gasteiger partial charge in [-0.1, -0.05) is 6.08 Å². The van der Waals surface area contributed by atoms with Crippen molar-refractivity contribution >= 4 is 13.6 Å². The smallest absolute Gasteiger partial charge is 0.248 e. The van der Waals surface area contributed by atoms with Crippen molar-refractivity contribution in [3.8, 4) is 0 Å². The van der Waals surface area contributed by atoms with Gasteiger partial charge in [0.2, 0.25) is 5.92 Å². The normalized spacial score (nSPS) is 31.4. The van der Waals surface area contributed by atoms with Gasteiger partial charge in [0.1, 0.15) is 7.85 Å². The third-order valence-electron chi connectivity index (χ3n) is 4.23. The average Bonchev–Trinajstić information content (AvgIpc) is 2.94. The summed E-state index contributed by atoms with van der Waals surface area (Å²) in [6.07, 6.45) is 5.89. The van der Waals surface area contributed by atoms with Gasteiger partial charge in [0.15, 0.2) is 0 Å². The van der Waals surface area contributed by atoms with E-state index in [4.69, 9.17) is 7.85 Å². The minimum atomic E-state index is -2.42. The summed E-state index contributed by atoms with van der Waals surface area (Å²) in [5.74, 6) is -2.27. The molecule has 16 heavy (non-hydrogen) atoms. The first kappa shape index (κ1) is 10.5. The van der Waals surface area contributed by atoms with Crippen LogP contribution in [0, 0.1) is 11.3 Å². The van der Waals surface area contributed by atoms with Crippen molar-refractivity contribution in [2.75, 3.05) is 0 Å². The Hall–Kier alpha value is -0.665. The first-order valence-electron chi connectivity index (χ1n) is 5.93. The van der Waals surface area contributed by atoms with E-state index in [1.165, 1.54) is 0 Å². The molecule has 0 aromatic rings. The number of hydrogen-bond acceptors (Lipinski definition) is 1. The maximum absolute atomic E-state index is 12.9. The van der Waals surface area contributed by atoms with Crippen molar-refractivity contribution in [1.29, 1.82) is 0 Å².